The average molecular weight is 280 g/mol. The third kappa shape index (κ3) is 2.32. The first-order chi connectivity index (χ1) is 10.4. The van der Waals surface area contributed by atoms with E-state index in [0.29, 0.717) is 12.0 Å². The summed E-state index contributed by atoms with van der Waals surface area (Å²) in [5, 5.41) is 0. The largest absolute Gasteiger partial charge is 0.381 e. The maximum absolute atomic E-state index is 5.63. The lowest BCUT2D eigenvalue weighted by Gasteiger charge is -2.19. The number of hydrogen-bond acceptors (Lipinski definition) is 2. The minimum absolute atomic E-state index is 0.475. The zero-order valence-corrected chi connectivity index (χ0v) is 12.1. The van der Waals surface area contributed by atoms with Crippen molar-refractivity contribution in [1.82, 2.24) is 9.55 Å². The standard InChI is InChI=1S/C18H20N2O/c1-2-6-14(7-3-1)17-18(15-10-11-21-12-15)20(13-19-17)16-8-4-5-9-16/h1-7,13,15-16H,8-12H2. The second kappa shape index (κ2) is 5.49. The van der Waals surface area contributed by atoms with Crippen LogP contribution in [0.3, 0.4) is 0 Å². The number of nitrogens with zero attached hydrogens (tertiary/aromatic N) is 2. The van der Waals surface area contributed by atoms with Gasteiger partial charge < -0.3 is 9.30 Å². The fraction of sp³-hybridized carbons (Fsp3) is 0.389. The topological polar surface area (TPSA) is 27.1 Å². The Balaban J connectivity index is 1.79. The molecule has 0 amide bonds. The second-order valence-electron chi connectivity index (χ2n) is 5.91. The Hall–Kier alpha value is -1.87. The number of allylic oxidation sites excluding steroid dienone is 2. The SMILES string of the molecule is C1=CCC(n2cnc(-c3ccccc3)c2C2CCOC2)C1. The molecule has 1 fully saturated rings. The molecule has 1 aliphatic carbocycles. The molecule has 1 unspecified atom stereocenters. The van der Waals surface area contributed by atoms with Gasteiger partial charge in [-0.05, 0) is 19.3 Å². The molecule has 1 aromatic carbocycles. The third-order valence-corrected chi connectivity index (χ3v) is 4.57. The molecule has 1 aliphatic heterocycles. The van der Waals surface area contributed by atoms with Gasteiger partial charge >= 0.3 is 0 Å². The number of ether oxygens (including phenoxy) is 1. The molecule has 0 N–H and O–H groups in total. The van der Waals surface area contributed by atoms with E-state index in [0.717, 1.165) is 38.2 Å². The quantitative estimate of drug-likeness (QED) is 0.796. The summed E-state index contributed by atoms with van der Waals surface area (Å²) in [5.41, 5.74) is 3.72. The molecule has 21 heavy (non-hydrogen) atoms. The van der Waals surface area contributed by atoms with E-state index in [2.05, 4.69) is 47.1 Å². The molecule has 3 heteroatoms. The van der Waals surface area contributed by atoms with Crippen LogP contribution in [0.5, 0.6) is 0 Å². The highest BCUT2D eigenvalue weighted by molar-refractivity contribution is 5.62. The number of hydrogen-bond donors (Lipinski definition) is 0. The summed E-state index contributed by atoms with van der Waals surface area (Å²) in [4.78, 5) is 4.76. The van der Waals surface area contributed by atoms with Crippen LogP contribution in [-0.4, -0.2) is 22.8 Å². The monoisotopic (exact) mass is 280 g/mol. The van der Waals surface area contributed by atoms with E-state index in [1.807, 2.05) is 6.33 Å². The van der Waals surface area contributed by atoms with Gasteiger partial charge in [0, 0.05) is 24.1 Å². The van der Waals surface area contributed by atoms with Crippen molar-refractivity contribution in [3.8, 4) is 11.3 Å². The lowest BCUT2D eigenvalue weighted by molar-refractivity contribution is 0.193. The summed E-state index contributed by atoms with van der Waals surface area (Å²) in [6, 6.07) is 11.1. The zero-order valence-electron chi connectivity index (χ0n) is 12.1. The van der Waals surface area contributed by atoms with E-state index in [-0.39, 0.29) is 0 Å². The molecule has 108 valence electrons. The third-order valence-electron chi connectivity index (χ3n) is 4.57. The van der Waals surface area contributed by atoms with Gasteiger partial charge in [0.1, 0.15) is 0 Å². The molecule has 2 heterocycles. The molecule has 1 atom stereocenters. The molecule has 1 saturated heterocycles. The van der Waals surface area contributed by atoms with E-state index in [4.69, 9.17) is 9.72 Å². The van der Waals surface area contributed by atoms with E-state index in [9.17, 15) is 0 Å². The first-order valence-corrected chi connectivity index (χ1v) is 7.78. The van der Waals surface area contributed by atoms with E-state index < -0.39 is 0 Å². The van der Waals surface area contributed by atoms with Crippen LogP contribution < -0.4 is 0 Å². The Morgan fingerprint density at radius 1 is 1.10 bits per heavy atom. The van der Waals surface area contributed by atoms with Gasteiger partial charge in [-0.3, -0.25) is 0 Å². The van der Waals surface area contributed by atoms with Crippen molar-refractivity contribution in [1.29, 1.82) is 0 Å². The van der Waals surface area contributed by atoms with Crippen molar-refractivity contribution in [2.24, 2.45) is 0 Å². The van der Waals surface area contributed by atoms with E-state index in [1.165, 1.54) is 11.3 Å². The van der Waals surface area contributed by atoms with E-state index in [1.54, 1.807) is 0 Å². The Morgan fingerprint density at radius 3 is 2.62 bits per heavy atom. The van der Waals surface area contributed by atoms with Crippen LogP contribution in [0, 0.1) is 0 Å². The summed E-state index contributed by atoms with van der Waals surface area (Å²) < 4.78 is 8.04. The Labute approximate surface area is 125 Å². The first-order valence-electron chi connectivity index (χ1n) is 7.78. The smallest absolute Gasteiger partial charge is 0.0958 e. The first kappa shape index (κ1) is 12.8. The van der Waals surface area contributed by atoms with Gasteiger partial charge in [0.25, 0.3) is 0 Å². The fourth-order valence-corrected chi connectivity index (χ4v) is 3.46. The summed E-state index contributed by atoms with van der Waals surface area (Å²) >= 11 is 0. The average Bonchev–Trinajstić information content (AvgIpc) is 3.27. The van der Waals surface area contributed by atoms with Crippen molar-refractivity contribution in [2.45, 2.75) is 31.2 Å². The van der Waals surface area contributed by atoms with Gasteiger partial charge in [0.15, 0.2) is 0 Å². The van der Waals surface area contributed by atoms with Gasteiger partial charge in [0.2, 0.25) is 0 Å². The molecule has 0 bridgehead atoms. The Kier molecular flexibility index (Phi) is 3.36. The number of aromatic nitrogens is 2. The van der Waals surface area contributed by atoms with Crippen molar-refractivity contribution < 1.29 is 4.74 Å². The molecule has 0 spiro atoms. The summed E-state index contributed by atoms with van der Waals surface area (Å²) in [5.74, 6) is 0.475. The van der Waals surface area contributed by atoms with Crippen LogP contribution in [0.15, 0.2) is 48.8 Å². The van der Waals surface area contributed by atoms with Gasteiger partial charge in [-0.15, -0.1) is 0 Å². The Morgan fingerprint density at radius 2 is 1.90 bits per heavy atom. The molecule has 4 rings (SSSR count). The second-order valence-corrected chi connectivity index (χ2v) is 5.91. The molecular weight excluding hydrogens is 260 g/mol. The van der Waals surface area contributed by atoms with Crippen LogP contribution in [0.1, 0.15) is 36.9 Å². The van der Waals surface area contributed by atoms with Crippen molar-refractivity contribution in [2.75, 3.05) is 13.2 Å². The van der Waals surface area contributed by atoms with Crippen molar-refractivity contribution in [3.05, 3.63) is 54.5 Å². The normalized spacial score (nSPS) is 22.2. The van der Waals surface area contributed by atoms with Crippen LogP contribution >= 0.6 is 0 Å². The lowest BCUT2D eigenvalue weighted by atomic mass is 9.98. The number of benzene rings is 1. The van der Waals surface area contributed by atoms with Gasteiger partial charge in [-0.1, -0.05) is 42.5 Å². The zero-order chi connectivity index (χ0) is 14.1. The predicted octanol–water partition coefficient (Wildman–Crippen LogP) is 3.95. The van der Waals surface area contributed by atoms with Crippen molar-refractivity contribution in [3.63, 3.8) is 0 Å². The molecule has 2 aliphatic rings. The number of imidazole rings is 1. The fourth-order valence-electron chi connectivity index (χ4n) is 3.46. The highest BCUT2D eigenvalue weighted by atomic mass is 16.5. The highest BCUT2D eigenvalue weighted by Crippen LogP contribution is 2.37. The lowest BCUT2D eigenvalue weighted by Crippen LogP contribution is -2.12. The summed E-state index contributed by atoms with van der Waals surface area (Å²) in [6.07, 6.45) is 9.93. The van der Waals surface area contributed by atoms with E-state index >= 15 is 0 Å². The molecule has 0 radical (unpaired) electrons. The molecular formula is C18H20N2O. The highest BCUT2D eigenvalue weighted by Gasteiger charge is 2.28. The molecule has 1 aromatic heterocycles. The summed E-state index contributed by atoms with van der Waals surface area (Å²) in [6.45, 7) is 1.69. The maximum Gasteiger partial charge on any atom is 0.0958 e. The van der Waals surface area contributed by atoms with Gasteiger partial charge in [-0.2, -0.15) is 0 Å². The number of rotatable bonds is 3. The molecule has 2 aromatic rings. The van der Waals surface area contributed by atoms with Gasteiger partial charge in [0.05, 0.1) is 24.3 Å². The molecule has 0 saturated carbocycles. The van der Waals surface area contributed by atoms with Crippen LogP contribution in [0.25, 0.3) is 11.3 Å². The summed E-state index contributed by atoms with van der Waals surface area (Å²) in [7, 11) is 0. The predicted molar refractivity (Wildman–Crippen MR) is 83.3 cm³/mol. The minimum atomic E-state index is 0.475. The van der Waals surface area contributed by atoms with Crippen LogP contribution in [0.2, 0.25) is 0 Å². The van der Waals surface area contributed by atoms with Crippen molar-refractivity contribution >= 4 is 0 Å². The van der Waals surface area contributed by atoms with Crippen LogP contribution in [0.4, 0.5) is 0 Å². The maximum atomic E-state index is 5.63. The molecule has 3 nitrogen and oxygen atoms in total. The van der Waals surface area contributed by atoms with Crippen LogP contribution in [-0.2, 0) is 4.74 Å². The van der Waals surface area contributed by atoms with Gasteiger partial charge in [-0.25, -0.2) is 4.98 Å². The Bertz CT molecular complexity index is 630. The minimum Gasteiger partial charge on any atom is -0.381 e.